The molecule has 0 fully saturated rings. The van der Waals surface area contributed by atoms with E-state index in [-0.39, 0.29) is 5.97 Å². The Labute approximate surface area is 102 Å². The molecule has 0 amide bonds. The molecule has 16 heavy (non-hydrogen) atoms. The molecule has 0 N–H and O–H groups in total. The first-order valence-corrected chi connectivity index (χ1v) is 7.01. The van der Waals surface area contributed by atoms with Gasteiger partial charge >= 0.3 is 5.97 Å². The lowest BCUT2D eigenvalue weighted by atomic mass is 9.99. The van der Waals surface area contributed by atoms with Gasteiger partial charge in [0.05, 0.1) is 6.61 Å². The van der Waals surface area contributed by atoms with Gasteiger partial charge in [0, 0.05) is 11.8 Å². The summed E-state index contributed by atoms with van der Waals surface area (Å²) in [6.45, 7) is 4.45. The van der Waals surface area contributed by atoms with Crippen molar-refractivity contribution in [2.45, 2.75) is 39.5 Å². The molecule has 1 aliphatic rings. The van der Waals surface area contributed by atoms with Gasteiger partial charge in [-0.25, -0.2) is 4.79 Å². The molecule has 0 saturated carbocycles. The Kier molecular flexibility index (Phi) is 6.31. The molecule has 0 aromatic carbocycles. The number of ether oxygens (including phenoxy) is 1. The summed E-state index contributed by atoms with van der Waals surface area (Å²) in [6, 6.07) is 0. The minimum atomic E-state index is -0.202. The van der Waals surface area contributed by atoms with Crippen LogP contribution in [0.5, 0.6) is 0 Å². The molecule has 1 rings (SSSR count). The van der Waals surface area contributed by atoms with Crippen LogP contribution < -0.4 is 0 Å². The summed E-state index contributed by atoms with van der Waals surface area (Å²) in [5.41, 5.74) is 2.50. The van der Waals surface area contributed by atoms with Crippen molar-refractivity contribution in [2.75, 3.05) is 12.4 Å². The Hall–Kier alpha value is -0.700. The second-order valence-electron chi connectivity index (χ2n) is 3.79. The predicted molar refractivity (Wildman–Crippen MR) is 69.4 cm³/mol. The molecule has 0 saturated heterocycles. The number of carbonyl (C=O) groups is 1. The minimum Gasteiger partial charge on any atom is -0.463 e. The van der Waals surface area contributed by atoms with Crippen molar-refractivity contribution in [3.05, 3.63) is 22.6 Å². The molecule has 0 radical (unpaired) electrons. The third kappa shape index (κ3) is 4.44. The summed E-state index contributed by atoms with van der Waals surface area (Å²) in [5.74, 6) is 0.938. The summed E-state index contributed by atoms with van der Waals surface area (Å²) in [6.07, 6.45) is 6.03. The van der Waals surface area contributed by atoms with Gasteiger partial charge < -0.3 is 4.74 Å². The highest BCUT2D eigenvalue weighted by Gasteiger charge is 2.12. The number of allylic oxidation sites excluding steroid dienone is 2. The van der Waals surface area contributed by atoms with E-state index in [1.165, 1.54) is 11.1 Å². The van der Waals surface area contributed by atoms with Crippen molar-refractivity contribution >= 4 is 17.7 Å². The SMILES string of the molecule is CCCC/C(=C\C(=O)OCC)C1=CSCC1. The number of unbranched alkanes of at least 4 members (excludes halogenated alkanes) is 1. The van der Waals surface area contributed by atoms with Gasteiger partial charge in [0.15, 0.2) is 0 Å². The average Bonchev–Trinajstić information content (AvgIpc) is 2.77. The maximum absolute atomic E-state index is 11.4. The zero-order chi connectivity index (χ0) is 11.8. The first-order valence-electron chi connectivity index (χ1n) is 5.96. The van der Waals surface area contributed by atoms with E-state index in [1.807, 2.05) is 18.7 Å². The summed E-state index contributed by atoms with van der Waals surface area (Å²) >= 11 is 1.83. The minimum absolute atomic E-state index is 0.202. The van der Waals surface area contributed by atoms with Gasteiger partial charge in [-0.3, -0.25) is 0 Å². The molecule has 1 heterocycles. The van der Waals surface area contributed by atoms with E-state index in [1.54, 1.807) is 6.08 Å². The lowest BCUT2D eigenvalue weighted by Crippen LogP contribution is -2.02. The van der Waals surface area contributed by atoms with Crippen molar-refractivity contribution in [2.24, 2.45) is 0 Å². The van der Waals surface area contributed by atoms with E-state index < -0.39 is 0 Å². The number of carbonyl (C=O) groups excluding carboxylic acids is 1. The summed E-state index contributed by atoms with van der Waals surface area (Å²) < 4.78 is 4.96. The third-order valence-electron chi connectivity index (χ3n) is 2.51. The van der Waals surface area contributed by atoms with Crippen LogP contribution in [0.15, 0.2) is 22.6 Å². The van der Waals surface area contributed by atoms with Crippen LogP contribution in [0.25, 0.3) is 0 Å². The molecule has 0 aromatic heterocycles. The molecule has 1 aliphatic heterocycles. The van der Waals surface area contributed by atoms with E-state index in [0.29, 0.717) is 6.61 Å². The Morgan fingerprint density at radius 3 is 2.94 bits per heavy atom. The molecule has 0 spiro atoms. The lowest BCUT2D eigenvalue weighted by molar-refractivity contribution is -0.137. The van der Waals surface area contributed by atoms with Crippen LogP contribution in [0.4, 0.5) is 0 Å². The molecule has 3 heteroatoms. The highest BCUT2D eigenvalue weighted by molar-refractivity contribution is 8.02. The maximum Gasteiger partial charge on any atom is 0.331 e. The highest BCUT2D eigenvalue weighted by Crippen LogP contribution is 2.30. The standard InChI is InChI=1S/C13H20O2S/c1-3-5-6-11(9-13(14)15-4-2)12-7-8-16-10-12/h9-10H,3-8H2,1-2H3/b11-9+. The van der Waals surface area contributed by atoms with Crippen molar-refractivity contribution in [3.8, 4) is 0 Å². The van der Waals surface area contributed by atoms with Crippen molar-refractivity contribution in [1.82, 2.24) is 0 Å². The summed E-state index contributed by atoms with van der Waals surface area (Å²) in [4.78, 5) is 11.4. The second kappa shape index (κ2) is 7.55. The number of hydrogen-bond acceptors (Lipinski definition) is 3. The first kappa shape index (κ1) is 13.4. The zero-order valence-electron chi connectivity index (χ0n) is 10.1. The molecular weight excluding hydrogens is 220 g/mol. The molecule has 2 nitrogen and oxygen atoms in total. The van der Waals surface area contributed by atoms with Crippen LogP contribution in [-0.2, 0) is 9.53 Å². The van der Waals surface area contributed by atoms with Crippen LogP contribution >= 0.6 is 11.8 Å². The zero-order valence-corrected chi connectivity index (χ0v) is 10.9. The normalized spacial score (nSPS) is 16.1. The summed E-state index contributed by atoms with van der Waals surface area (Å²) in [5, 5.41) is 2.18. The Bertz CT molecular complexity index is 292. The van der Waals surface area contributed by atoms with Crippen LogP contribution in [0.3, 0.4) is 0 Å². The van der Waals surface area contributed by atoms with Crippen LogP contribution in [0, 0.1) is 0 Å². The maximum atomic E-state index is 11.4. The van der Waals surface area contributed by atoms with Crippen LogP contribution in [-0.4, -0.2) is 18.3 Å². The van der Waals surface area contributed by atoms with E-state index >= 15 is 0 Å². The van der Waals surface area contributed by atoms with E-state index in [9.17, 15) is 4.79 Å². The number of hydrogen-bond donors (Lipinski definition) is 0. The topological polar surface area (TPSA) is 26.3 Å². The van der Waals surface area contributed by atoms with E-state index in [4.69, 9.17) is 4.74 Å². The van der Waals surface area contributed by atoms with E-state index in [2.05, 4.69) is 12.3 Å². The largest absolute Gasteiger partial charge is 0.463 e. The number of thioether (sulfide) groups is 1. The number of rotatable bonds is 6. The predicted octanol–water partition coefficient (Wildman–Crippen LogP) is 3.69. The summed E-state index contributed by atoms with van der Waals surface area (Å²) in [7, 11) is 0. The van der Waals surface area contributed by atoms with Crippen molar-refractivity contribution in [3.63, 3.8) is 0 Å². The lowest BCUT2D eigenvalue weighted by Gasteiger charge is -2.07. The molecule has 0 unspecified atom stereocenters. The van der Waals surface area contributed by atoms with Gasteiger partial charge in [0.25, 0.3) is 0 Å². The van der Waals surface area contributed by atoms with Gasteiger partial charge in [-0.15, -0.1) is 11.8 Å². The van der Waals surface area contributed by atoms with Crippen molar-refractivity contribution in [1.29, 1.82) is 0 Å². The van der Waals surface area contributed by atoms with Crippen LogP contribution in [0.2, 0.25) is 0 Å². The number of esters is 1. The quantitative estimate of drug-likeness (QED) is 0.523. The monoisotopic (exact) mass is 240 g/mol. The van der Waals surface area contributed by atoms with Gasteiger partial charge in [0.1, 0.15) is 0 Å². The average molecular weight is 240 g/mol. The first-order chi connectivity index (χ1) is 7.77. The Morgan fingerprint density at radius 2 is 2.38 bits per heavy atom. The fraction of sp³-hybridized carbons (Fsp3) is 0.615. The Balaban J connectivity index is 2.65. The molecule has 0 atom stereocenters. The van der Waals surface area contributed by atoms with Gasteiger partial charge in [0.2, 0.25) is 0 Å². The van der Waals surface area contributed by atoms with Crippen LogP contribution in [0.1, 0.15) is 39.5 Å². The fourth-order valence-corrected chi connectivity index (χ4v) is 2.57. The van der Waals surface area contributed by atoms with Gasteiger partial charge in [-0.05, 0) is 42.7 Å². The fourth-order valence-electron chi connectivity index (χ4n) is 1.64. The molecule has 0 aromatic rings. The molecular formula is C13H20O2S. The van der Waals surface area contributed by atoms with Crippen molar-refractivity contribution < 1.29 is 9.53 Å². The van der Waals surface area contributed by atoms with E-state index in [0.717, 1.165) is 31.4 Å². The smallest absolute Gasteiger partial charge is 0.331 e. The molecule has 0 aliphatic carbocycles. The second-order valence-corrected chi connectivity index (χ2v) is 4.77. The molecule has 0 bridgehead atoms. The Morgan fingerprint density at radius 1 is 1.56 bits per heavy atom. The third-order valence-corrected chi connectivity index (χ3v) is 3.40. The highest BCUT2D eigenvalue weighted by atomic mass is 32.2. The van der Waals surface area contributed by atoms with Gasteiger partial charge in [-0.2, -0.15) is 0 Å². The molecule has 90 valence electrons. The van der Waals surface area contributed by atoms with Gasteiger partial charge in [-0.1, -0.05) is 13.3 Å².